The number of hydrogen-bond donors (Lipinski definition) is 5. The molecule has 0 aromatic carbocycles. The Morgan fingerprint density at radius 3 is 2.32 bits per heavy atom. The van der Waals surface area contributed by atoms with Gasteiger partial charge in [-0.05, 0) is 34.2 Å². The van der Waals surface area contributed by atoms with Gasteiger partial charge in [0.05, 0.1) is 19.1 Å². The van der Waals surface area contributed by atoms with Crippen molar-refractivity contribution in [1.29, 1.82) is 2.67 Å². The van der Waals surface area contributed by atoms with E-state index >= 15 is 0 Å². The van der Waals surface area contributed by atoms with Crippen molar-refractivity contribution in [2.75, 3.05) is 18.9 Å². The zero-order valence-electron chi connectivity index (χ0n) is 22.1. The lowest BCUT2D eigenvalue weighted by atomic mass is 10.2. The summed E-state index contributed by atoms with van der Waals surface area (Å²) in [5.74, 6) is -0.0426. The summed E-state index contributed by atoms with van der Waals surface area (Å²) in [5.41, 5.74) is -1.16. The molecule has 0 aliphatic carbocycles. The van der Waals surface area contributed by atoms with Gasteiger partial charge in [0.15, 0.2) is 12.0 Å². The number of nitrogens with one attached hydrogen (secondary N) is 2. The van der Waals surface area contributed by atoms with Crippen LogP contribution in [0.25, 0.3) is 0 Å². The van der Waals surface area contributed by atoms with Crippen LogP contribution in [0, 0.1) is 13.8 Å². The average molecular weight is 543 g/mol. The van der Waals surface area contributed by atoms with Gasteiger partial charge >= 0.3 is 11.4 Å². The number of H-pyrrole nitrogens is 2. The standard InChI is InChI=1S/C11H17BN2O5S.C10H12N2O5/c1-6-3-14(11(17)13-10(6)16)9-2-7(15)8(19-9)4-18-20-5-12;1-5-3-12(10(16)11-9(5)15)8-2-6(14)7(4-13)17-8/h3,7-9,15H,2,4-5,12H2,1H3,(H,13,16,17);3,8,13-14H,2,4H2,1H3,(H,11,15,16)/i12TD;. The molecule has 0 saturated carbocycles. The Labute approximate surface area is 217 Å². The van der Waals surface area contributed by atoms with Gasteiger partial charge in [-0.25, -0.2) is 9.59 Å². The lowest BCUT2D eigenvalue weighted by molar-refractivity contribution is -0.0380. The fraction of sp³-hybridized carbons (Fsp3) is 0.524. The molecule has 0 radical (unpaired) electrons. The molecule has 5 N–H and O–H groups in total. The molecule has 2 aromatic rings. The van der Waals surface area contributed by atoms with Crippen molar-refractivity contribution in [2.45, 2.75) is 51.4 Å². The quantitative estimate of drug-likeness (QED) is 0.144. The van der Waals surface area contributed by atoms with Gasteiger partial charge in [-0.2, -0.15) is 0 Å². The lowest BCUT2D eigenvalue weighted by Crippen LogP contribution is -2.33. The zero-order chi connectivity index (χ0) is 28.9. The molecular formula is C21H29BN4O10S. The van der Waals surface area contributed by atoms with Gasteiger partial charge in [-0.3, -0.25) is 28.7 Å². The number of aryl methyl sites for hydroxylation is 2. The van der Waals surface area contributed by atoms with Crippen molar-refractivity contribution < 1.29 is 29.0 Å². The molecule has 1 fully saturated rings. The smallest absolute Gasteiger partial charge is 0.331 e. The third-order valence-corrected chi connectivity index (χ3v) is 6.05. The monoisotopic (exact) mass is 543 g/mol. The largest absolute Gasteiger partial charge is 0.508 e. The van der Waals surface area contributed by atoms with E-state index in [9.17, 15) is 29.4 Å². The maximum absolute atomic E-state index is 11.8. The minimum Gasteiger partial charge on any atom is -0.508 e. The van der Waals surface area contributed by atoms with Gasteiger partial charge in [0.2, 0.25) is 0 Å². The highest BCUT2D eigenvalue weighted by molar-refractivity contribution is 7.95. The van der Waals surface area contributed by atoms with E-state index in [0.29, 0.717) is 11.1 Å². The Morgan fingerprint density at radius 2 is 1.78 bits per heavy atom. The minimum absolute atomic E-state index is 0.0470. The first-order chi connectivity index (χ1) is 18.4. The Kier molecular flexibility index (Phi) is 8.62. The van der Waals surface area contributed by atoms with Gasteiger partial charge in [-0.15, -0.1) is 0 Å². The van der Waals surface area contributed by atoms with Crippen molar-refractivity contribution in [2.24, 2.45) is 0 Å². The van der Waals surface area contributed by atoms with Crippen LogP contribution < -0.4 is 22.5 Å². The fourth-order valence-corrected chi connectivity index (χ4v) is 3.96. The van der Waals surface area contributed by atoms with E-state index in [1.54, 1.807) is 13.8 Å². The molecule has 2 aromatic heterocycles. The number of aromatic nitrogens is 4. The molecule has 4 heterocycles. The van der Waals surface area contributed by atoms with Crippen LogP contribution in [0.1, 0.15) is 36.4 Å². The molecule has 4 atom stereocenters. The molecule has 37 heavy (non-hydrogen) atoms. The number of hydrogen-bond acceptors (Lipinski definition) is 11. The molecule has 16 heteroatoms. The van der Waals surface area contributed by atoms with E-state index in [2.05, 4.69) is 9.97 Å². The summed E-state index contributed by atoms with van der Waals surface area (Å²) in [4.78, 5) is 50.2. The SMILES string of the molecule is Cc1cn(C2CC(O)=C(CO)O2)c(=O)[nH]c1=O.[2H]B([3H])CSOCC1OC(n2cc(C)c(=O)[nH]c2=O)CC1O. The third-order valence-electron chi connectivity index (χ3n) is 5.61. The summed E-state index contributed by atoms with van der Waals surface area (Å²) in [6.45, 7) is 2.80. The topological polar surface area (TPSA) is 198 Å². The number of rotatable bonds is 8. The molecule has 2 aliphatic heterocycles. The second kappa shape index (κ2) is 12.5. The van der Waals surface area contributed by atoms with Crippen LogP contribution in [0.5, 0.6) is 0 Å². The van der Waals surface area contributed by atoms with Crippen LogP contribution in [-0.2, 0) is 13.7 Å². The molecule has 0 bridgehead atoms. The molecule has 4 unspecified atom stereocenters. The molecule has 2 aliphatic rings. The number of aromatic amines is 2. The van der Waals surface area contributed by atoms with E-state index in [0.717, 1.165) is 12.0 Å². The van der Waals surface area contributed by atoms with E-state index in [4.69, 9.17) is 21.4 Å². The molecule has 4 rings (SSSR count). The predicted octanol–water partition coefficient (Wildman–Crippen LogP) is -1.73. The highest BCUT2D eigenvalue weighted by Gasteiger charge is 2.35. The van der Waals surface area contributed by atoms with Crippen molar-refractivity contribution in [3.05, 3.63) is 76.7 Å². The summed E-state index contributed by atoms with van der Waals surface area (Å²) >= 11 is 0.973. The van der Waals surface area contributed by atoms with E-state index in [1.165, 1.54) is 21.5 Å². The fourth-order valence-electron chi connectivity index (χ4n) is 3.64. The minimum atomic E-state index is -0.977. The van der Waals surface area contributed by atoms with Gasteiger partial charge < -0.3 is 29.0 Å². The molecule has 1 saturated heterocycles. The second-order valence-electron chi connectivity index (χ2n) is 8.26. The second-order valence-corrected chi connectivity index (χ2v) is 9.07. The Balaban J connectivity index is 0.000000223. The van der Waals surface area contributed by atoms with Crippen molar-refractivity contribution in [3.8, 4) is 0 Å². The Morgan fingerprint density at radius 1 is 1.19 bits per heavy atom. The predicted molar refractivity (Wildman–Crippen MR) is 135 cm³/mol. The Hall–Kier alpha value is -3.05. The third kappa shape index (κ3) is 6.84. The number of nitrogens with zero attached hydrogens (tertiary/aromatic N) is 2. The van der Waals surface area contributed by atoms with Gasteiger partial charge in [0, 0.05) is 29.9 Å². The number of ether oxygens (including phenoxy) is 2. The molecule has 0 amide bonds. The first kappa shape index (κ1) is 25.6. The maximum Gasteiger partial charge on any atom is 0.331 e. The summed E-state index contributed by atoms with van der Waals surface area (Å²) < 4.78 is 32.5. The molecule has 202 valence electrons. The highest BCUT2D eigenvalue weighted by Crippen LogP contribution is 2.29. The van der Waals surface area contributed by atoms with Gasteiger partial charge in [-0.1, -0.05) is 0 Å². The van der Waals surface area contributed by atoms with E-state index in [1.807, 2.05) is 0 Å². The number of aliphatic hydroxyl groups is 3. The Bertz CT molecular complexity index is 1420. The van der Waals surface area contributed by atoms with Crippen LogP contribution in [0.2, 0.25) is 0 Å². The maximum atomic E-state index is 11.8. The van der Waals surface area contributed by atoms with E-state index in [-0.39, 0.29) is 36.6 Å². The average Bonchev–Trinajstić information content (AvgIpc) is 3.43. The van der Waals surface area contributed by atoms with Crippen LogP contribution >= 0.6 is 12.0 Å². The molecule has 0 spiro atoms. The van der Waals surface area contributed by atoms with Crippen LogP contribution in [0.4, 0.5) is 0 Å². The molecular weight excluding hydrogens is 511 g/mol. The normalized spacial score (nSPS) is 23.7. The van der Waals surface area contributed by atoms with Crippen molar-refractivity contribution in [1.82, 2.24) is 19.1 Å². The summed E-state index contributed by atoms with van der Waals surface area (Å²) in [7, 11) is -0.977. The number of aliphatic hydroxyl groups excluding tert-OH is 3. The van der Waals surface area contributed by atoms with Crippen LogP contribution in [0.15, 0.2) is 43.1 Å². The summed E-state index contributed by atoms with van der Waals surface area (Å²) in [6.07, 6.45) is 0.252. The lowest BCUT2D eigenvalue weighted by Gasteiger charge is -2.15. The zero-order valence-corrected chi connectivity index (χ0v) is 20.9. The van der Waals surface area contributed by atoms with Crippen LogP contribution in [0.3, 0.4) is 0 Å². The first-order valence-corrected chi connectivity index (χ1v) is 12.1. The van der Waals surface area contributed by atoms with Gasteiger partial charge in [0.1, 0.15) is 32.5 Å². The van der Waals surface area contributed by atoms with Gasteiger partial charge in [0.25, 0.3) is 11.1 Å². The van der Waals surface area contributed by atoms with E-state index < -0.39 is 61.5 Å². The highest BCUT2D eigenvalue weighted by atomic mass is 32.2. The molecule has 14 nitrogen and oxygen atoms in total. The van der Waals surface area contributed by atoms with Crippen LogP contribution in [-0.4, -0.2) is 75.9 Å². The summed E-state index contributed by atoms with van der Waals surface area (Å²) in [5, 5.41) is 28.3. The first-order valence-electron chi connectivity index (χ1n) is 12.3. The van der Waals surface area contributed by atoms with Crippen molar-refractivity contribution in [3.63, 3.8) is 0 Å². The van der Waals surface area contributed by atoms with Crippen molar-refractivity contribution >= 4 is 19.8 Å². The summed E-state index contributed by atoms with van der Waals surface area (Å²) in [6, 6.07) is 0.